The molecule has 0 N–H and O–H groups in total. The highest BCUT2D eigenvalue weighted by Gasteiger charge is 2.26. The van der Waals surface area contributed by atoms with E-state index in [4.69, 9.17) is 0 Å². The molecule has 62 valence electrons. The van der Waals surface area contributed by atoms with Crippen LogP contribution in [0, 0.1) is 0 Å². The van der Waals surface area contributed by atoms with Crippen molar-refractivity contribution in [3.8, 4) is 0 Å². The summed E-state index contributed by atoms with van der Waals surface area (Å²) in [5, 5.41) is 0. The Bertz CT molecular complexity index is 323. The van der Waals surface area contributed by atoms with Crippen LogP contribution in [0.5, 0.6) is 0 Å². The van der Waals surface area contributed by atoms with Gasteiger partial charge in [0, 0.05) is 12.1 Å². The van der Waals surface area contributed by atoms with E-state index in [1.54, 1.807) is 6.20 Å². The van der Waals surface area contributed by atoms with E-state index in [1.165, 1.54) is 0 Å². The number of carbonyl (C=O) groups is 1. The number of aromatic nitrogens is 2. The van der Waals surface area contributed by atoms with Crippen LogP contribution in [0.1, 0.15) is 35.1 Å². The summed E-state index contributed by atoms with van der Waals surface area (Å²) in [4.78, 5) is 18.8. The maximum atomic E-state index is 10.5. The molecule has 1 aromatic rings. The Labute approximate surface area is 78.4 Å². The number of halogens is 1. The molecule has 1 saturated carbocycles. The molecule has 12 heavy (non-hydrogen) atoms. The molecule has 1 aliphatic carbocycles. The minimum atomic E-state index is 0.451. The van der Waals surface area contributed by atoms with Crippen LogP contribution >= 0.6 is 15.9 Å². The zero-order valence-corrected chi connectivity index (χ0v) is 7.91. The number of carbonyl (C=O) groups excluding carboxylic acids is 1. The summed E-state index contributed by atoms with van der Waals surface area (Å²) < 4.78 is 0.668. The van der Waals surface area contributed by atoms with Gasteiger partial charge in [-0.05, 0) is 28.8 Å². The number of aldehydes is 1. The van der Waals surface area contributed by atoms with E-state index in [0.29, 0.717) is 16.1 Å². The van der Waals surface area contributed by atoms with Gasteiger partial charge in [0.2, 0.25) is 0 Å². The maximum Gasteiger partial charge on any atom is 0.169 e. The van der Waals surface area contributed by atoms with Crippen LogP contribution < -0.4 is 0 Å². The predicted octanol–water partition coefficient (Wildman–Crippen LogP) is 1.93. The van der Waals surface area contributed by atoms with Crippen molar-refractivity contribution >= 4 is 22.2 Å². The highest BCUT2D eigenvalue weighted by Crippen LogP contribution is 2.38. The molecular weight excluding hydrogens is 220 g/mol. The Balaban J connectivity index is 2.39. The lowest BCUT2D eigenvalue weighted by Crippen LogP contribution is -1.97. The van der Waals surface area contributed by atoms with Gasteiger partial charge in [0.1, 0.15) is 11.5 Å². The molecule has 0 saturated heterocycles. The Morgan fingerprint density at radius 3 is 2.92 bits per heavy atom. The van der Waals surface area contributed by atoms with Gasteiger partial charge in [0.25, 0.3) is 0 Å². The number of rotatable bonds is 2. The van der Waals surface area contributed by atoms with E-state index in [-0.39, 0.29) is 0 Å². The summed E-state index contributed by atoms with van der Waals surface area (Å²) in [7, 11) is 0. The molecule has 3 nitrogen and oxygen atoms in total. The van der Waals surface area contributed by atoms with Crippen molar-refractivity contribution in [2.75, 3.05) is 0 Å². The van der Waals surface area contributed by atoms with E-state index in [9.17, 15) is 4.79 Å². The SMILES string of the molecule is O=Cc1nc(C2CC2)ncc1Br. The summed E-state index contributed by atoms with van der Waals surface area (Å²) in [6.07, 6.45) is 4.70. The molecule has 0 bridgehead atoms. The van der Waals surface area contributed by atoms with Gasteiger partial charge in [-0.25, -0.2) is 9.97 Å². The molecule has 1 fully saturated rings. The summed E-state index contributed by atoms with van der Waals surface area (Å²) in [5.41, 5.74) is 0.451. The average molecular weight is 227 g/mol. The monoisotopic (exact) mass is 226 g/mol. The highest BCUT2D eigenvalue weighted by molar-refractivity contribution is 9.10. The third kappa shape index (κ3) is 1.39. The minimum Gasteiger partial charge on any atom is -0.296 e. The second-order valence-corrected chi connectivity index (χ2v) is 3.71. The molecule has 0 aliphatic heterocycles. The maximum absolute atomic E-state index is 10.5. The third-order valence-electron chi connectivity index (χ3n) is 1.84. The Kier molecular flexibility index (Phi) is 1.92. The number of hydrogen-bond donors (Lipinski definition) is 0. The fourth-order valence-electron chi connectivity index (χ4n) is 1.02. The first-order chi connectivity index (χ1) is 5.81. The van der Waals surface area contributed by atoms with E-state index >= 15 is 0 Å². The molecule has 0 radical (unpaired) electrons. The fourth-order valence-corrected chi connectivity index (χ4v) is 1.30. The second-order valence-electron chi connectivity index (χ2n) is 2.85. The van der Waals surface area contributed by atoms with E-state index in [1.807, 2.05) is 0 Å². The lowest BCUT2D eigenvalue weighted by Gasteiger charge is -1.98. The molecule has 0 atom stereocenters. The van der Waals surface area contributed by atoms with Crippen molar-refractivity contribution in [2.45, 2.75) is 18.8 Å². The summed E-state index contributed by atoms with van der Waals surface area (Å²) >= 11 is 3.20. The van der Waals surface area contributed by atoms with Crippen LogP contribution in [-0.4, -0.2) is 16.3 Å². The van der Waals surface area contributed by atoms with Crippen molar-refractivity contribution < 1.29 is 4.79 Å². The first-order valence-corrected chi connectivity index (χ1v) is 4.58. The second kappa shape index (κ2) is 2.94. The Morgan fingerprint density at radius 1 is 1.58 bits per heavy atom. The summed E-state index contributed by atoms with van der Waals surface area (Å²) in [6.45, 7) is 0. The number of hydrogen-bond acceptors (Lipinski definition) is 3. The topological polar surface area (TPSA) is 42.9 Å². The van der Waals surface area contributed by atoms with Crippen LogP contribution in [-0.2, 0) is 0 Å². The first-order valence-electron chi connectivity index (χ1n) is 3.79. The summed E-state index contributed by atoms with van der Waals surface area (Å²) in [5.74, 6) is 1.30. The van der Waals surface area contributed by atoms with Crippen LogP contribution in [0.3, 0.4) is 0 Å². The van der Waals surface area contributed by atoms with Crippen LogP contribution in [0.2, 0.25) is 0 Å². The van der Waals surface area contributed by atoms with Crippen LogP contribution in [0.25, 0.3) is 0 Å². The van der Waals surface area contributed by atoms with Gasteiger partial charge in [0.15, 0.2) is 6.29 Å². The Hall–Kier alpha value is -0.770. The molecule has 4 heteroatoms. The molecule has 1 heterocycles. The zero-order valence-electron chi connectivity index (χ0n) is 6.33. The molecular formula is C8H7BrN2O. The molecule has 1 aliphatic rings. The lowest BCUT2D eigenvalue weighted by atomic mass is 10.3. The number of nitrogens with zero attached hydrogens (tertiary/aromatic N) is 2. The van der Waals surface area contributed by atoms with Crippen molar-refractivity contribution in [3.05, 3.63) is 22.2 Å². The molecule has 0 unspecified atom stereocenters. The van der Waals surface area contributed by atoms with Gasteiger partial charge >= 0.3 is 0 Å². The van der Waals surface area contributed by atoms with E-state index in [0.717, 1.165) is 25.0 Å². The van der Waals surface area contributed by atoms with Gasteiger partial charge in [-0.1, -0.05) is 0 Å². The van der Waals surface area contributed by atoms with Gasteiger partial charge in [-0.3, -0.25) is 4.79 Å². The van der Waals surface area contributed by atoms with Gasteiger partial charge in [0.05, 0.1) is 4.47 Å². The van der Waals surface area contributed by atoms with Gasteiger partial charge in [-0.2, -0.15) is 0 Å². The molecule has 0 amide bonds. The van der Waals surface area contributed by atoms with Crippen LogP contribution in [0.15, 0.2) is 10.7 Å². The first kappa shape index (κ1) is 7.86. The summed E-state index contributed by atoms with van der Waals surface area (Å²) in [6, 6.07) is 0. The van der Waals surface area contributed by atoms with E-state index < -0.39 is 0 Å². The smallest absolute Gasteiger partial charge is 0.169 e. The lowest BCUT2D eigenvalue weighted by molar-refractivity contribution is 0.111. The normalized spacial score (nSPS) is 16.1. The van der Waals surface area contributed by atoms with Crippen molar-refractivity contribution in [3.63, 3.8) is 0 Å². The fraction of sp³-hybridized carbons (Fsp3) is 0.375. The van der Waals surface area contributed by atoms with E-state index in [2.05, 4.69) is 25.9 Å². The average Bonchev–Trinajstić information content (AvgIpc) is 2.88. The largest absolute Gasteiger partial charge is 0.296 e. The minimum absolute atomic E-state index is 0.451. The molecule has 0 spiro atoms. The quantitative estimate of drug-likeness (QED) is 0.725. The third-order valence-corrected chi connectivity index (χ3v) is 2.45. The van der Waals surface area contributed by atoms with Crippen molar-refractivity contribution in [2.24, 2.45) is 0 Å². The van der Waals surface area contributed by atoms with Crippen molar-refractivity contribution in [1.29, 1.82) is 0 Å². The molecule has 1 aromatic heterocycles. The predicted molar refractivity (Wildman–Crippen MR) is 47.1 cm³/mol. The van der Waals surface area contributed by atoms with Gasteiger partial charge in [-0.15, -0.1) is 0 Å². The molecule has 2 rings (SSSR count). The van der Waals surface area contributed by atoms with Crippen molar-refractivity contribution in [1.82, 2.24) is 9.97 Å². The standard InChI is InChI=1S/C8H7BrN2O/c9-6-3-10-8(5-1-2-5)11-7(6)4-12/h3-5H,1-2H2. The zero-order chi connectivity index (χ0) is 8.55. The van der Waals surface area contributed by atoms with Gasteiger partial charge < -0.3 is 0 Å². The molecule has 0 aromatic carbocycles. The Morgan fingerprint density at radius 2 is 2.33 bits per heavy atom. The van der Waals surface area contributed by atoms with Crippen LogP contribution in [0.4, 0.5) is 0 Å². The highest BCUT2D eigenvalue weighted by atomic mass is 79.9.